The van der Waals surface area contributed by atoms with E-state index in [2.05, 4.69) is 29.9 Å². The Kier molecular flexibility index (Phi) is 5.57. The van der Waals surface area contributed by atoms with E-state index >= 15 is 0 Å². The van der Waals surface area contributed by atoms with Gasteiger partial charge in [-0.25, -0.2) is 18.4 Å². The Morgan fingerprint density at radius 2 is 1.92 bits per heavy atom. The van der Waals surface area contributed by atoms with Crippen molar-refractivity contribution in [1.82, 2.24) is 35.0 Å². The van der Waals surface area contributed by atoms with E-state index in [0.717, 1.165) is 17.3 Å². The molecule has 1 aliphatic heterocycles. The highest BCUT2D eigenvalue weighted by Gasteiger charge is 2.23. The number of morpholine rings is 1. The number of imidazole rings is 1. The summed E-state index contributed by atoms with van der Waals surface area (Å²) in [6.07, 6.45) is 5.79. The normalized spacial score (nSPS) is 14.4. The van der Waals surface area contributed by atoms with E-state index in [1.54, 1.807) is 29.4 Å². The van der Waals surface area contributed by atoms with Crippen molar-refractivity contribution >= 4 is 43.7 Å². The maximum absolute atomic E-state index is 13.2. The van der Waals surface area contributed by atoms with Crippen LogP contribution in [0, 0.1) is 0 Å². The number of carbonyl (C=O) groups is 1. The predicted molar refractivity (Wildman–Crippen MR) is 137 cm³/mol. The average molecular weight is 519 g/mol. The number of pyridine rings is 2. The lowest BCUT2D eigenvalue weighted by Gasteiger charge is -2.26. The largest absolute Gasteiger partial charge is 0.378 e. The summed E-state index contributed by atoms with van der Waals surface area (Å²) >= 11 is 0. The number of hydrogen-bond donors (Lipinski definition) is 3. The number of aromatic nitrogens is 6. The predicted octanol–water partition coefficient (Wildman–Crippen LogP) is 2.41. The number of rotatable bonds is 5. The van der Waals surface area contributed by atoms with E-state index in [1.165, 1.54) is 6.20 Å². The third kappa shape index (κ3) is 4.49. The summed E-state index contributed by atoms with van der Waals surface area (Å²) in [6, 6.07) is 9.04. The number of anilines is 1. The molecule has 6 rings (SSSR count). The smallest absolute Gasteiger partial charge is 0.256 e. The van der Waals surface area contributed by atoms with Crippen LogP contribution in [-0.4, -0.2) is 81.9 Å². The number of H-pyrrole nitrogens is 2. The number of carbonyl (C=O) groups excluding carboxylic acids is 1. The number of para-hydroxylation sites is 1. The molecule has 12 nitrogen and oxygen atoms in total. The fourth-order valence-electron chi connectivity index (χ4n) is 4.37. The molecule has 188 valence electrons. The van der Waals surface area contributed by atoms with Crippen LogP contribution in [0.25, 0.3) is 44.7 Å². The van der Waals surface area contributed by atoms with Crippen LogP contribution in [0.15, 0.2) is 48.9 Å². The SMILES string of the molecule is CS(=O)(=O)Nc1cncc(-c2cnc3n[nH]c(-c4nc5c(C(=O)N6CCOCC6)cccc5[nH]4)c3c2)c1. The van der Waals surface area contributed by atoms with Crippen molar-refractivity contribution in [2.45, 2.75) is 0 Å². The van der Waals surface area contributed by atoms with Crippen molar-refractivity contribution in [2.24, 2.45) is 0 Å². The second-order valence-electron chi connectivity index (χ2n) is 8.72. The molecule has 0 radical (unpaired) electrons. The van der Waals surface area contributed by atoms with Crippen molar-refractivity contribution in [3.63, 3.8) is 0 Å². The molecule has 1 fully saturated rings. The van der Waals surface area contributed by atoms with Gasteiger partial charge < -0.3 is 14.6 Å². The third-order valence-electron chi connectivity index (χ3n) is 6.06. The zero-order valence-electron chi connectivity index (χ0n) is 19.7. The lowest BCUT2D eigenvalue weighted by Crippen LogP contribution is -2.40. The highest BCUT2D eigenvalue weighted by atomic mass is 32.2. The van der Waals surface area contributed by atoms with E-state index in [1.807, 2.05) is 18.2 Å². The standard InChI is InChI=1S/C24H22N8O4S/c1-37(34,35)31-16-9-14(11-25-13-16)15-10-18-21(29-30-22(18)26-12-15)23-27-19-4-2-3-17(20(19)28-23)24(33)32-5-7-36-8-6-32/h2-4,9-13,31H,5-8H2,1H3,(H,27,28)(H,26,29,30). The summed E-state index contributed by atoms with van der Waals surface area (Å²) in [6.45, 7) is 2.13. The Hall–Kier alpha value is -4.36. The molecule has 0 aliphatic carbocycles. The molecule has 0 bridgehead atoms. The molecular weight excluding hydrogens is 496 g/mol. The van der Waals surface area contributed by atoms with Gasteiger partial charge in [-0.3, -0.25) is 19.6 Å². The fourth-order valence-corrected chi connectivity index (χ4v) is 4.91. The summed E-state index contributed by atoms with van der Waals surface area (Å²) in [5, 5.41) is 8.01. The van der Waals surface area contributed by atoms with Crippen LogP contribution in [0.3, 0.4) is 0 Å². The summed E-state index contributed by atoms with van der Waals surface area (Å²) in [5.74, 6) is 0.435. The molecule has 37 heavy (non-hydrogen) atoms. The monoisotopic (exact) mass is 518 g/mol. The molecule has 13 heteroatoms. The third-order valence-corrected chi connectivity index (χ3v) is 6.67. The summed E-state index contributed by atoms with van der Waals surface area (Å²) in [7, 11) is -3.44. The first-order valence-electron chi connectivity index (χ1n) is 11.5. The zero-order chi connectivity index (χ0) is 25.6. The molecule has 0 unspecified atom stereocenters. The van der Waals surface area contributed by atoms with Crippen LogP contribution in [0.1, 0.15) is 10.4 Å². The molecule has 3 N–H and O–H groups in total. The number of benzene rings is 1. The van der Waals surface area contributed by atoms with Gasteiger partial charge in [0, 0.05) is 36.6 Å². The summed E-state index contributed by atoms with van der Waals surface area (Å²) in [5.41, 5.74) is 4.67. The first kappa shape index (κ1) is 23.1. The lowest BCUT2D eigenvalue weighted by molar-refractivity contribution is 0.0304. The molecule has 1 aliphatic rings. The minimum atomic E-state index is -3.44. The topological polar surface area (TPSA) is 159 Å². The molecule has 0 spiro atoms. The van der Waals surface area contributed by atoms with Gasteiger partial charge in [-0.2, -0.15) is 5.10 Å². The van der Waals surface area contributed by atoms with E-state index in [-0.39, 0.29) is 5.91 Å². The van der Waals surface area contributed by atoms with Crippen molar-refractivity contribution in [3.8, 4) is 22.6 Å². The minimum absolute atomic E-state index is 0.0829. The highest BCUT2D eigenvalue weighted by molar-refractivity contribution is 7.92. The van der Waals surface area contributed by atoms with Gasteiger partial charge >= 0.3 is 0 Å². The van der Waals surface area contributed by atoms with E-state index in [9.17, 15) is 13.2 Å². The first-order valence-corrected chi connectivity index (χ1v) is 13.4. The van der Waals surface area contributed by atoms with Gasteiger partial charge in [0.2, 0.25) is 10.0 Å². The molecule has 1 amide bonds. The highest BCUT2D eigenvalue weighted by Crippen LogP contribution is 2.30. The summed E-state index contributed by atoms with van der Waals surface area (Å²) in [4.78, 5) is 31.6. The Labute approximate surface area is 211 Å². The number of hydrogen-bond acceptors (Lipinski definition) is 8. The zero-order valence-corrected chi connectivity index (χ0v) is 20.5. The van der Waals surface area contributed by atoms with Crippen molar-refractivity contribution in [1.29, 1.82) is 0 Å². The second-order valence-corrected chi connectivity index (χ2v) is 10.5. The van der Waals surface area contributed by atoms with Crippen LogP contribution in [-0.2, 0) is 14.8 Å². The van der Waals surface area contributed by atoms with Gasteiger partial charge in [0.25, 0.3) is 5.91 Å². The number of nitrogens with one attached hydrogen (secondary N) is 3. The van der Waals surface area contributed by atoms with Crippen LogP contribution < -0.4 is 4.72 Å². The van der Waals surface area contributed by atoms with E-state index in [0.29, 0.717) is 71.2 Å². The number of nitrogens with zero attached hydrogens (tertiary/aromatic N) is 5. The molecule has 1 saturated heterocycles. The Balaban J connectivity index is 1.39. The lowest BCUT2D eigenvalue weighted by atomic mass is 10.1. The number of sulfonamides is 1. The Morgan fingerprint density at radius 1 is 1.11 bits per heavy atom. The molecule has 0 saturated carbocycles. The van der Waals surface area contributed by atoms with E-state index < -0.39 is 10.0 Å². The van der Waals surface area contributed by atoms with Crippen molar-refractivity contribution in [2.75, 3.05) is 37.3 Å². The number of aromatic amines is 2. The number of ether oxygens (including phenoxy) is 1. The maximum Gasteiger partial charge on any atom is 0.256 e. The molecule has 5 heterocycles. The first-order chi connectivity index (χ1) is 17.9. The molecule has 4 aromatic heterocycles. The van der Waals surface area contributed by atoms with Gasteiger partial charge in [-0.05, 0) is 24.3 Å². The van der Waals surface area contributed by atoms with Gasteiger partial charge in [0.15, 0.2) is 11.5 Å². The van der Waals surface area contributed by atoms with Crippen LogP contribution >= 0.6 is 0 Å². The Bertz CT molecular complexity index is 1760. The van der Waals surface area contributed by atoms with Crippen LogP contribution in [0.4, 0.5) is 5.69 Å². The summed E-state index contributed by atoms with van der Waals surface area (Å²) < 4.78 is 31.0. The number of amides is 1. The van der Waals surface area contributed by atoms with Crippen LogP contribution in [0.2, 0.25) is 0 Å². The molecule has 0 atom stereocenters. The fraction of sp³-hybridized carbons (Fsp3) is 0.208. The minimum Gasteiger partial charge on any atom is -0.378 e. The van der Waals surface area contributed by atoms with Gasteiger partial charge in [0.05, 0.1) is 47.8 Å². The van der Waals surface area contributed by atoms with Gasteiger partial charge in [-0.1, -0.05) is 6.07 Å². The van der Waals surface area contributed by atoms with Crippen molar-refractivity contribution in [3.05, 3.63) is 54.5 Å². The van der Waals surface area contributed by atoms with Gasteiger partial charge in [-0.15, -0.1) is 0 Å². The molecular formula is C24H22N8O4S. The maximum atomic E-state index is 13.2. The van der Waals surface area contributed by atoms with Gasteiger partial charge in [0.1, 0.15) is 11.2 Å². The molecule has 1 aromatic carbocycles. The average Bonchev–Trinajstić information content (AvgIpc) is 3.51. The molecule has 5 aromatic rings. The quantitative estimate of drug-likeness (QED) is 0.320. The number of fused-ring (bicyclic) bond motifs is 2. The van der Waals surface area contributed by atoms with E-state index in [4.69, 9.17) is 9.72 Å². The Morgan fingerprint density at radius 3 is 2.73 bits per heavy atom. The van der Waals surface area contributed by atoms with Crippen molar-refractivity contribution < 1.29 is 17.9 Å². The van der Waals surface area contributed by atoms with Crippen LogP contribution in [0.5, 0.6) is 0 Å². The second kappa shape index (κ2) is 8.94.